The molecule has 0 aliphatic heterocycles. The van der Waals surface area contributed by atoms with Gasteiger partial charge in [-0.25, -0.2) is 4.79 Å². The lowest BCUT2D eigenvalue weighted by molar-refractivity contribution is -0.131. The summed E-state index contributed by atoms with van der Waals surface area (Å²) in [5.74, 6) is -0.344. The third kappa shape index (κ3) is 6.73. The van der Waals surface area contributed by atoms with E-state index in [1.165, 1.54) is 6.08 Å². The third-order valence-electron chi connectivity index (χ3n) is 2.50. The predicted octanol–water partition coefficient (Wildman–Crippen LogP) is 3.74. The lowest BCUT2D eigenvalue weighted by Gasteiger charge is -2.10. The molecule has 0 heterocycles. The van der Waals surface area contributed by atoms with Gasteiger partial charge in [0.1, 0.15) is 12.4 Å². The van der Waals surface area contributed by atoms with Crippen LogP contribution in [0.1, 0.15) is 25.3 Å². The Morgan fingerprint density at radius 3 is 2.85 bits per heavy atom. The fraction of sp³-hybridized carbons (Fsp3) is 0.400. The zero-order valence-electron chi connectivity index (χ0n) is 11.5. The van der Waals surface area contributed by atoms with Crippen LogP contribution in [-0.2, 0) is 9.53 Å². The van der Waals surface area contributed by atoms with Crippen molar-refractivity contribution < 1.29 is 19.4 Å². The Bertz CT molecular complexity index is 457. The summed E-state index contributed by atoms with van der Waals surface area (Å²) in [6.07, 6.45) is 4.76. The molecule has 4 nitrogen and oxygen atoms in total. The van der Waals surface area contributed by atoms with Crippen molar-refractivity contribution in [3.8, 4) is 5.75 Å². The first kappa shape index (κ1) is 16.7. The average Bonchev–Trinajstić information content (AvgIpc) is 2.42. The van der Waals surface area contributed by atoms with Gasteiger partial charge in [0.15, 0.2) is 0 Å². The number of ether oxygens (including phenoxy) is 2. The van der Waals surface area contributed by atoms with Gasteiger partial charge >= 0.3 is 5.97 Å². The lowest BCUT2D eigenvalue weighted by Crippen LogP contribution is -2.08. The van der Waals surface area contributed by atoms with Gasteiger partial charge in [0.05, 0.1) is 6.61 Å². The second kappa shape index (κ2) is 9.55. The van der Waals surface area contributed by atoms with Crippen molar-refractivity contribution in [3.63, 3.8) is 0 Å². The molecule has 0 fully saturated rings. The van der Waals surface area contributed by atoms with Crippen LogP contribution >= 0.6 is 15.9 Å². The number of carboxylic acids is 1. The first-order valence-corrected chi connectivity index (χ1v) is 7.34. The fourth-order valence-electron chi connectivity index (χ4n) is 1.50. The Balaban J connectivity index is 2.53. The van der Waals surface area contributed by atoms with Crippen molar-refractivity contribution >= 4 is 28.0 Å². The number of carboxylic acid groups (broad SMARTS) is 1. The molecule has 1 rings (SSSR count). The summed E-state index contributed by atoms with van der Waals surface area (Å²) in [5, 5.41) is 8.67. The number of rotatable bonds is 9. The Morgan fingerprint density at radius 1 is 1.35 bits per heavy atom. The molecule has 0 spiro atoms. The van der Waals surface area contributed by atoms with Crippen molar-refractivity contribution in [2.45, 2.75) is 19.8 Å². The van der Waals surface area contributed by atoms with Gasteiger partial charge in [0.25, 0.3) is 0 Å². The van der Waals surface area contributed by atoms with Gasteiger partial charge < -0.3 is 14.6 Å². The van der Waals surface area contributed by atoms with Crippen LogP contribution in [0.4, 0.5) is 0 Å². The van der Waals surface area contributed by atoms with Crippen LogP contribution in [0.2, 0.25) is 0 Å². The summed E-state index contributed by atoms with van der Waals surface area (Å²) in [6.45, 7) is 3.83. The molecule has 0 bridgehead atoms. The van der Waals surface area contributed by atoms with Gasteiger partial charge in [-0.05, 0) is 30.7 Å². The average molecular weight is 343 g/mol. The van der Waals surface area contributed by atoms with E-state index in [2.05, 4.69) is 22.9 Å². The largest absolute Gasteiger partial charge is 0.491 e. The van der Waals surface area contributed by atoms with E-state index in [0.29, 0.717) is 19.0 Å². The highest BCUT2D eigenvalue weighted by Gasteiger charge is 2.03. The molecule has 1 N–H and O–H groups in total. The van der Waals surface area contributed by atoms with Crippen LogP contribution in [-0.4, -0.2) is 30.9 Å². The summed E-state index contributed by atoms with van der Waals surface area (Å²) in [4.78, 5) is 10.6. The number of hydrogen-bond donors (Lipinski definition) is 1. The molecule has 20 heavy (non-hydrogen) atoms. The summed E-state index contributed by atoms with van der Waals surface area (Å²) >= 11 is 3.35. The minimum absolute atomic E-state index is 0.444. The van der Waals surface area contributed by atoms with Gasteiger partial charge in [-0.2, -0.15) is 0 Å². The minimum atomic E-state index is -0.987. The number of carbonyl (C=O) groups is 1. The zero-order chi connectivity index (χ0) is 14.8. The number of hydrogen-bond acceptors (Lipinski definition) is 3. The summed E-state index contributed by atoms with van der Waals surface area (Å²) in [7, 11) is 0. The monoisotopic (exact) mass is 342 g/mol. The van der Waals surface area contributed by atoms with Crippen molar-refractivity contribution in [1.29, 1.82) is 0 Å². The highest BCUT2D eigenvalue weighted by Crippen LogP contribution is 2.24. The summed E-state index contributed by atoms with van der Waals surface area (Å²) in [6, 6.07) is 5.47. The van der Waals surface area contributed by atoms with Gasteiger partial charge in [-0.15, -0.1) is 0 Å². The van der Waals surface area contributed by atoms with Gasteiger partial charge in [0.2, 0.25) is 0 Å². The molecule has 1 aromatic carbocycles. The maximum Gasteiger partial charge on any atom is 0.328 e. The van der Waals surface area contributed by atoms with E-state index in [9.17, 15) is 4.79 Å². The van der Waals surface area contributed by atoms with E-state index in [4.69, 9.17) is 14.6 Å². The molecule has 0 saturated heterocycles. The van der Waals surface area contributed by atoms with Crippen molar-refractivity contribution in [2.75, 3.05) is 19.8 Å². The van der Waals surface area contributed by atoms with E-state index in [0.717, 1.165) is 35.6 Å². The molecule has 110 valence electrons. The molecular formula is C15H19BrO4. The number of benzene rings is 1. The van der Waals surface area contributed by atoms with Crippen LogP contribution in [0.25, 0.3) is 6.08 Å². The van der Waals surface area contributed by atoms with Crippen LogP contribution < -0.4 is 4.74 Å². The van der Waals surface area contributed by atoms with Crippen LogP contribution in [0.15, 0.2) is 28.7 Å². The number of halogens is 1. The highest BCUT2D eigenvalue weighted by molar-refractivity contribution is 9.10. The highest BCUT2D eigenvalue weighted by atomic mass is 79.9. The van der Waals surface area contributed by atoms with E-state index < -0.39 is 5.97 Å². The number of aliphatic carboxylic acids is 1. The first-order chi connectivity index (χ1) is 9.63. The molecule has 0 radical (unpaired) electrons. The van der Waals surface area contributed by atoms with Gasteiger partial charge in [-0.1, -0.05) is 29.3 Å². The molecule has 0 unspecified atom stereocenters. The van der Waals surface area contributed by atoms with Crippen LogP contribution in [0.5, 0.6) is 5.75 Å². The molecule has 0 saturated carbocycles. The van der Waals surface area contributed by atoms with Crippen LogP contribution in [0, 0.1) is 0 Å². The molecule has 1 aromatic rings. The van der Waals surface area contributed by atoms with Crippen molar-refractivity contribution in [1.82, 2.24) is 0 Å². The standard InChI is InChI=1S/C15H19BrO4/c1-2-3-8-19-9-10-20-14-6-5-13(16)11-12(14)4-7-15(17)18/h4-7,11H,2-3,8-10H2,1H3,(H,17,18). The Hall–Kier alpha value is -1.33. The molecule has 0 aliphatic rings. The fourth-order valence-corrected chi connectivity index (χ4v) is 1.88. The molecule has 0 aromatic heterocycles. The molecule has 0 amide bonds. The second-order valence-corrected chi connectivity index (χ2v) is 5.08. The first-order valence-electron chi connectivity index (χ1n) is 6.54. The lowest BCUT2D eigenvalue weighted by atomic mass is 10.2. The summed E-state index contributed by atoms with van der Waals surface area (Å²) < 4.78 is 11.9. The molecule has 0 atom stereocenters. The zero-order valence-corrected chi connectivity index (χ0v) is 13.1. The van der Waals surface area contributed by atoms with E-state index in [1.807, 2.05) is 12.1 Å². The van der Waals surface area contributed by atoms with Gasteiger partial charge in [0, 0.05) is 22.7 Å². The number of unbranched alkanes of at least 4 members (excludes halogenated alkanes) is 1. The predicted molar refractivity (Wildman–Crippen MR) is 82.0 cm³/mol. The minimum Gasteiger partial charge on any atom is -0.491 e. The SMILES string of the molecule is CCCCOCCOc1ccc(Br)cc1C=CC(=O)O. The van der Waals surface area contributed by atoms with Crippen LogP contribution in [0.3, 0.4) is 0 Å². The maximum absolute atomic E-state index is 10.6. The van der Waals surface area contributed by atoms with E-state index >= 15 is 0 Å². The quantitative estimate of drug-likeness (QED) is 0.548. The third-order valence-corrected chi connectivity index (χ3v) is 3.00. The van der Waals surface area contributed by atoms with E-state index in [1.54, 1.807) is 6.07 Å². The van der Waals surface area contributed by atoms with Gasteiger partial charge in [-0.3, -0.25) is 0 Å². The van der Waals surface area contributed by atoms with Crippen molar-refractivity contribution in [2.24, 2.45) is 0 Å². The summed E-state index contributed by atoms with van der Waals surface area (Å²) in [5.41, 5.74) is 0.718. The Kier molecular flexibility index (Phi) is 7.99. The smallest absolute Gasteiger partial charge is 0.328 e. The Labute approximate surface area is 127 Å². The normalized spacial score (nSPS) is 10.9. The molecular weight excluding hydrogens is 324 g/mol. The molecule has 0 aliphatic carbocycles. The Morgan fingerprint density at radius 2 is 2.15 bits per heavy atom. The molecule has 5 heteroatoms. The second-order valence-electron chi connectivity index (χ2n) is 4.17. The van der Waals surface area contributed by atoms with E-state index in [-0.39, 0.29) is 0 Å². The topological polar surface area (TPSA) is 55.8 Å². The van der Waals surface area contributed by atoms with Crippen molar-refractivity contribution in [3.05, 3.63) is 34.3 Å². The maximum atomic E-state index is 10.6.